The first-order valence-corrected chi connectivity index (χ1v) is 3.29. The van der Waals surface area contributed by atoms with Crippen molar-refractivity contribution in [1.29, 1.82) is 5.41 Å². The molecule has 0 saturated heterocycles. The highest BCUT2D eigenvalue weighted by atomic mass is 35.5. The average Bonchev–Trinajstić information content (AvgIpc) is 1.87. The first-order valence-electron chi connectivity index (χ1n) is 3.29. The number of hydrogen-bond donors (Lipinski definition) is 2. The molecule has 0 aliphatic carbocycles. The summed E-state index contributed by atoms with van der Waals surface area (Å²) in [5, 5.41) is 7.08. The van der Waals surface area contributed by atoms with Gasteiger partial charge in [-0.2, -0.15) is 0 Å². The molecule has 0 aromatic rings. The van der Waals surface area contributed by atoms with Crippen molar-refractivity contribution in [2.45, 2.75) is 13.3 Å². The van der Waals surface area contributed by atoms with Crippen molar-refractivity contribution in [2.75, 3.05) is 13.2 Å². The highest BCUT2D eigenvalue weighted by Crippen LogP contribution is 1.87. The zero-order valence-corrected chi connectivity index (χ0v) is 7.65. The van der Waals surface area contributed by atoms with Gasteiger partial charge in [-0.25, -0.2) is 4.79 Å². The highest BCUT2D eigenvalue weighted by Gasteiger charge is 1.98. The molecule has 5 nitrogen and oxygen atoms in total. The second kappa shape index (κ2) is 8.13. The van der Waals surface area contributed by atoms with Crippen LogP contribution in [0.5, 0.6) is 0 Å². The van der Waals surface area contributed by atoms with Gasteiger partial charge in [0, 0.05) is 0 Å². The van der Waals surface area contributed by atoms with Gasteiger partial charge in [0.1, 0.15) is 6.61 Å². The molecule has 0 spiro atoms. The van der Waals surface area contributed by atoms with Crippen molar-refractivity contribution in [3.63, 3.8) is 0 Å². The van der Waals surface area contributed by atoms with Gasteiger partial charge in [-0.3, -0.25) is 5.41 Å². The molecular formula is C6H13ClN2O3. The lowest BCUT2D eigenvalue weighted by Gasteiger charge is -2.03. The minimum atomic E-state index is -0.825. The molecule has 0 unspecified atom stereocenters. The molecule has 0 bridgehead atoms. The first-order chi connectivity index (χ1) is 5.16. The third kappa shape index (κ3) is 9.03. The van der Waals surface area contributed by atoms with Crippen LogP contribution in [0, 0.1) is 5.41 Å². The van der Waals surface area contributed by atoms with Gasteiger partial charge in [-0.15, -0.1) is 12.4 Å². The normalized spacial score (nSPS) is 8.08. The molecule has 0 aliphatic rings. The summed E-state index contributed by atoms with van der Waals surface area (Å²) in [5.41, 5.74) is 4.68. The number of carbonyl (C=O) groups is 1. The van der Waals surface area contributed by atoms with Gasteiger partial charge < -0.3 is 15.2 Å². The quantitative estimate of drug-likeness (QED) is 0.518. The SMILES string of the molecule is CCOC(=N)CCOC(N)=O.Cl. The number of amides is 1. The number of hydrogen-bond acceptors (Lipinski definition) is 4. The van der Waals surface area contributed by atoms with Gasteiger partial charge in [0.15, 0.2) is 5.90 Å². The van der Waals surface area contributed by atoms with Crippen molar-refractivity contribution in [3.05, 3.63) is 0 Å². The molecule has 0 radical (unpaired) electrons. The summed E-state index contributed by atoms with van der Waals surface area (Å²) < 4.78 is 9.15. The van der Waals surface area contributed by atoms with Gasteiger partial charge in [-0.1, -0.05) is 0 Å². The maximum Gasteiger partial charge on any atom is 0.404 e. The molecule has 0 aliphatic heterocycles. The van der Waals surface area contributed by atoms with E-state index >= 15 is 0 Å². The van der Waals surface area contributed by atoms with Crippen LogP contribution in [0.2, 0.25) is 0 Å². The second-order valence-corrected chi connectivity index (χ2v) is 1.77. The molecule has 0 aromatic carbocycles. The lowest BCUT2D eigenvalue weighted by molar-refractivity contribution is 0.157. The van der Waals surface area contributed by atoms with E-state index in [1.807, 2.05) is 0 Å². The predicted molar refractivity (Wildman–Crippen MR) is 46.8 cm³/mol. The van der Waals surface area contributed by atoms with Crippen LogP contribution in [0.25, 0.3) is 0 Å². The molecule has 1 amide bonds. The number of nitrogens with one attached hydrogen (secondary N) is 1. The van der Waals surface area contributed by atoms with Gasteiger partial charge in [0.05, 0.1) is 13.0 Å². The fourth-order valence-electron chi connectivity index (χ4n) is 0.491. The Bertz CT molecular complexity index is 152. The largest absolute Gasteiger partial charge is 0.481 e. The van der Waals surface area contributed by atoms with Crippen LogP contribution in [0.15, 0.2) is 0 Å². The van der Waals surface area contributed by atoms with E-state index in [1.165, 1.54) is 0 Å². The van der Waals surface area contributed by atoms with Gasteiger partial charge in [0.25, 0.3) is 0 Å². The van der Waals surface area contributed by atoms with Crippen molar-refractivity contribution >= 4 is 24.4 Å². The van der Waals surface area contributed by atoms with E-state index in [-0.39, 0.29) is 31.3 Å². The fraction of sp³-hybridized carbons (Fsp3) is 0.667. The molecule has 0 aromatic heterocycles. The van der Waals surface area contributed by atoms with Crippen molar-refractivity contribution in [2.24, 2.45) is 5.73 Å². The molecule has 0 saturated carbocycles. The molecular weight excluding hydrogens is 184 g/mol. The zero-order valence-electron chi connectivity index (χ0n) is 6.83. The summed E-state index contributed by atoms with van der Waals surface area (Å²) in [6.45, 7) is 2.34. The van der Waals surface area contributed by atoms with E-state index in [9.17, 15) is 4.79 Å². The highest BCUT2D eigenvalue weighted by molar-refractivity contribution is 5.85. The summed E-state index contributed by atoms with van der Waals surface area (Å²) in [7, 11) is 0. The summed E-state index contributed by atoms with van der Waals surface area (Å²) in [4.78, 5) is 10.0. The minimum absolute atomic E-state index is 0. The molecule has 0 rings (SSSR count). The number of rotatable bonds is 4. The molecule has 72 valence electrons. The standard InChI is InChI=1S/C6H12N2O3.ClH/c1-2-10-5(7)3-4-11-6(8)9;/h7H,2-4H2,1H3,(H2,8,9);1H. The molecule has 3 N–H and O–H groups in total. The van der Waals surface area contributed by atoms with Crippen molar-refractivity contribution < 1.29 is 14.3 Å². The van der Waals surface area contributed by atoms with Crippen LogP contribution in [0.1, 0.15) is 13.3 Å². The number of primary amides is 1. The van der Waals surface area contributed by atoms with E-state index < -0.39 is 6.09 Å². The lowest BCUT2D eigenvalue weighted by atomic mass is 10.4. The smallest absolute Gasteiger partial charge is 0.404 e. The Morgan fingerprint density at radius 2 is 2.08 bits per heavy atom. The third-order valence-corrected chi connectivity index (χ3v) is 0.892. The van der Waals surface area contributed by atoms with Crippen LogP contribution < -0.4 is 5.73 Å². The summed E-state index contributed by atoms with van der Waals surface area (Å²) in [5.74, 6) is 0.105. The number of ether oxygens (including phenoxy) is 2. The van der Waals surface area contributed by atoms with E-state index in [0.717, 1.165) is 0 Å². The Hall–Kier alpha value is -0.970. The Kier molecular flexibility index (Phi) is 9.22. The molecule has 0 fully saturated rings. The Morgan fingerprint density at radius 1 is 1.50 bits per heavy atom. The number of halogens is 1. The topological polar surface area (TPSA) is 85.4 Å². The van der Waals surface area contributed by atoms with E-state index in [4.69, 9.17) is 10.1 Å². The monoisotopic (exact) mass is 196 g/mol. The Labute approximate surface area is 77.1 Å². The summed E-state index contributed by atoms with van der Waals surface area (Å²) >= 11 is 0. The van der Waals surface area contributed by atoms with E-state index in [0.29, 0.717) is 6.61 Å². The van der Waals surface area contributed by atoms with Crippen LogP contribution >= 0.6 is 12.4 Å². The van der Waals surface area contributed by atoms with Crippen LogP contribution in [-0.2, 0) is 9.47 Å². The summed E-state index contributed by atoms with van der Waals surface area (Å²) in [6, 6.07) is 0. The van der Waals surface area contributed by atoms with Crippen LogP contribution in [0.4, 0.5) is 4.79 Å². The third-order valence-electron chi connectivity index (χ3n) is 0.892. The van der Waals surface area contributed by atoms with E-state index in [1.54, 1.807) is 6.92 Å². The van der Waals surface area contributed by atoms with E-state index in [2.05, 4.69) is 10.5 Å². The minimum Gasteiger partial charge on any atom is -0.481 e. The van der Waals surface area contributed by atoms with Crippen LogP contribution in [0.3, 0.4) is 0 Å². The Morgan fingerprint density at radius 3 is 2.50 bits per heavy atom. The van der Waals surface area contributed by atoms with Gasteiger partial charge in [0.2, 0.25) is 0 Å². The maximum atomic E-state index is 10.0. The number of nitrogens with two attached hydrogens (primary N) is 1. The fourth-order valence-corrected chi connectivity index (χ4v) is 0.491. The second-order valence-electron chi connectivity index (χ2n) is 1.77. The first kappa shape index (κ1) is 13.6. The van der Waals surface area contributed by atoms with Gasteiger partial charge in [-0.05, 0) is 6.92 Å². The lowest BCUT2D eigenvalue weighted by Crippen LogP contribution is -2.16. The van der Waals surface area contributed by atoms with Gasteiger partial charge >= 0.3 is 6.09 Å². The molecule has 12 heavy (non-hydrogen) atoms. The Balaban J connectivity index is 0. The molecule has 0 atom stereocenters. The molecule has 0 heterocycles. The summed E-state index contributed by atoms with van der Waals surface area (Å²) in [6.07, 6.45) is -0.550. The zero-order chi connectivity index (χ0) is 8.69. The number of carbonyl (C=O) groups excluding carboxylic acids is 1. The average molecular weight is 197 g/mol. The van der Waals surface area contributed by atoms with Crippen LogP contribution in [-0.4, -0.2) is 25.2 Å². The molecule has 6 heteroatoms. The maximum absolute atomic E-state index is 10.0. The van der Waals surface area contributed by atoms with Crippen molar-refractivity contribution in [1.82, 2.24) is 0 Å². The predicted octanol–water partition coefficient (Wildman–Crippen LogP) is 0.907. The van der Waals surface area contributed by atoms with Crippen molar-refractivity contribution in [3.8, 4) is 0 Å².